The maximum atomic E-state index is 13.2. The second kappa shape index (κ2) is 6.30. The van der Waals surface area contributed by atoms with Gasteiger partial charge in [0, 0.05) is 0 Å². The van der Waals surface area contributed by atoms with Crippen LogP contribution in [0, 0.1) is 5.82 Å². The molecule has 1 atom stereocenters. The maximum Gasteiger partial charge on any atom is 0.327 e. The lowest BCUT2D eigenvalue weighted by molar-refractivity contribution is -0.142. The molecular weight excluding hydrogens is 237 g/mol. The van der Waals surface area contributed by atoms with Gasteiger partial charge in [-0.25, -0.2) is 4.39 Å². The molecule has 90 valence electrons. The predicted molar refractivity (Wildman–Crippen MR) is 59.1 cm³/mol. The number of carbonyl (C=O) groups excluding carboxylic acids is 1. The molecule has 16 heavy (non-hydrogen) atoms. The largest absolute Gasteiger partial charge is 0.494 e. The molecule has 0 aliphatic rings. The summed E-state index contributed by atoms with van der Waals surface area (Å²) >= 11 is 0. The smallest absolute Gasteiger partial charge is 0.327 e. The SMILES string of the molecule is COC(=O)[C@@H](N)c1ccc(OC)c(F)c1.Cl. The van der Waals surface area contributed by atoms with E-state index < -0.39 is 17.8 Å². The van der Waals surface area contributed by atoms with Crippen molar-refractivity contribution in [3.63, 3.8) is 0 Å². The molecule has 0 aliphatic heterocycles. The van der Waals surface area contributed by atoms with E-state index in [9.17, 15) is 9.18 Å². The van der Waals surface area contributed by atoms with E-state index in [0.29, 0.717) is 5.56 Å². The standard InChI is InChI=1S/C10H12FNO3.ClH/c1-14-8-4-3-6(5-7(8)11)9(12)10(13)15-2;/h3-5,9H,12H2,1-2H3;1H/t9-;/m0./s1. The van der Waals surface area contributed by atoms with Gasteiger partial charge in [0.2, 0.25) is 0 Å². The Kier molecular flexibility index (Phi) is 5.77. The molecule has 0 saturated heterocycles. The highest BCUT2D eigenvalue weighted by atomic mass is 35.5. The number of halogens is 2. The molecule has 0 heterocycles. The van der Waals surface area contributed by atoms with Gasteiger partial charge in [0.25, 0.3) is 0 Å². The van der Waals surface area contributed by atoms with Crippen LogP contribution in [0.3, 0.4) is 0 Å². The Hall–Kier alpha value is -1.33. The second-order valence-corrected chi connectivity index (χ2v) is 2.89. The van der Waals surface area contributed by atoms with Crippen LogP contribution in [-0.2, 0) is 9.53 Å². The van der Waals surface area contributed by atoms with Crippen molar-refractivity contribution in [2.75, 3.05) is 14.2 Å². The molecular formula is C10H13ClFNO3. The molecule has 0 bridgehead atoms. The van der Waals surface area contributed by atoms with E-state index in [4.69, 9.17) is 10.5 Å². The van der Waals surface area contributed by atoms with Gasteiger partial charge < -0.3 is 15.2 Å². The monoisotopic (exact) mass is 249 g/mol. The van der Waals surface area contributed by atoms with Gasteiger partial charge in [-0.1, -0.05) is 6.07 Å². The molecule has 0 amide bonds. The topological polar surface area (TPSA) is 61.5 Å². The number of esters is 1. The first-order valence-electron chi connectivity index (χ1n) is 4.27. The predicted octanol–water partition coefficient (Wildman–Crippen LogP) is 1.43. The van der Waals surface area contributed by atoms with Crippen LogP contribution in [0.2, 0.25) is 0 Å². The highest BCUT2D eigenvalue weighted by Crippen LogP contribution is 2.21. The number of rotatable bonds is 3. The molecule has 4 nitrogen and oxygen atoms in total. The third kappa shape index (κ3) is 3.08. The third-order valence-corrected chi connectivity index (χ3v) is 1.99. The van der Waals surface area contributed by atoms with E-state index in [1.54, 1.807) is 0 Å². The van der Waals surface area contributed by atoms with Crippen LogP contribution in [0.15, 0.2) is 18.2 Å². The van der Waals surface area contributed by atoms with Crippen molar-refractivity contribution >= 4 is 18.4 Å². The van der Waals surface area contributed by atoms with Crippen molar-refractivity contribution in [3.8, 4) is 5.75 Å². The number of hydrogen-bond donors (Lipinski definition) is 1. The number of hydrogen-bond acceptors (Lipinski definition) is 4. The van der Waals surface area contributed by atoms with Crippen LogP contribution in [0.1, 0.15) is 11.6 Å². The Balaban J connectivity index is 0.00000225. The minimum Gasteiger partial charge on any atom is -0.494 e. The van der Waals surface area contributed by atoms with Gasteiger partial charge in [0.1, 0.15) is 6.04 Å². The Morgan fingerprint density at radius 1 is 1.44 bits per heavy atom. The third-order valence-electron chi connectivity index (χ3n) is 1.99. The Bertz CT molecular complexity index is 373. The van der Waals surface area contributed by atoms with Crippen LogP contribution < -0.4 is 10.5 Å². The summed E-state index contributed by atoms with van der Waals surface area (Å²) in [5.74, 6) is -1.07. The zero-order valence-electron chi connectivity index (χ0n) is 8.90. The molecule has 1 aromatic rings. The summed E-state index contributed by atoms with van der Waals surface area (Å²) in [5, 5.41) is 0. The van der Waals surface area contributed by atoms with Crippen LogP contribution in [0.4, 0.5) is 4.39 Å². The fourth-order valence-corrected chi connectivity index (χ4v) is 1.14. The average molecular weight is 250 g/mol. The van der Waals surface area contributed by atoms with Crippen molar-refractivity contribution in [2.45, 2.75) is 6.04 Å². The summed E-state index contributed by atoms with van der Waals surface area (Å²) in [6.45, 7) is 0. The number of benzene rings is 1. The van der Waals surface area contributed by atoms with Gasteiger partial charge in [0.05, 0.1) is 14.2 Å². The number of ether oxygens (including phenoxy) is 2. The quantitative estimate of drug-likeness (QED) is 0.824. The molecule has 0 aliphatic carbocycles. The van der Waals surface area contributed by atoms with Crippen molar-refractivity contribution in [1.82, 2.24) is 0 Å². The summed E-state index contributed by atoms with van der Waals surface area (Å²) in [5.41, 5.74) is 5.87. The summed E-state index contributed by atoms with van der Waals surface area (Å²) in [4.78, 5) is 11.1. The van der Waals surface area contributed by atoms with Crippen LogP contribution in [0.5, 0.6) is 5.75 Å². The Morgan fingerprint density at radius 2 is 2.06 bits per heavy atom. The molecule has 0 aromatic heterocycles. The lowest BCUT2D eigenvalue weighted by Gasteiger charge is -2.10. The number of methoxy groups -OCH3 is 2. The fraction of sp³-hybridized carbons (Fsp3) is 0.300. The highest BCUT2D eigenvalue weighted by Gasteiger charge is 2.17. The molecule has 6 heteroatoms. The zero-order chi connectivity index (χ0) is 11.4. The van der Waals surface area contributed by atoms with Crippen LogP contribution in [0.25, 0.3) is 0 Å². The first-order chi connectivity index (χ1) is 7.10. The van der Waals surface area contributed by atoms with E-state index in [1.807, 2.05) is 0 Å². The molecule has 1 aromatic carbocycles. The van der Waals surface area contributed by atoms with E-state index in [1.165, 1.54) is 26.4 Å². The number of nitrogens with two attached hydrogens (primary N) is 1. The number of carbonyl (C=O) groups is 1. The summed E-state index contributed by atoms with van der Waals surface area (Å²) in [6, 6.07) is 3.10. The van der Waals surface area contributed by atoms with Crippen molar-refractivity contribution in [3.05, 3.63) is 29.6 Å². The Labute approximate surface area is 98.9 Å². The van der Waals surface area contributed by atoms with E-state index in [0.717, 1.165) is 6.07 Å². The molecule has 0 unspecified atom stereocenters. The molecule has 0 spiro atoms. The fourth-order valence-electron chi connectivity index (χ4n) is 1.14. The van der Waals surface area contributed by atoms with Crippen molar-refractivity contribution < 1.29 is 18.7 Å². The molecule has 0 saturated carbocycles. The minimum absolute atomic E-state index is 0. The summed E-state index contributed by atoms with van der Waals surface area (Å²) in [7, 11) is 2.58. The molecule has 2 N–H and O–H groups in total. The first-order valence-corrected chi connectivity index (χ1v) is 4.27. The van der Waals surface area contributed by atoms with Gasteiger partial charge in [-0.05, 0) is 17.7 Å². The van der Waals surface area contributed by atoms with Crippen LogP contribution in [-0.4, -0.2) is 20.2 Å². The summed E-state index contributed by atoms with van der Waals surface area (Å²) in [6.07, 6.45) is 0. The minimum atomic E-state index is -0.976. The van der Waals surface area contributed by atoms with Gasteiger partial charge >= 0.3 is 5.97 Å². The summed E-state index contributed by atoms with van der Waals surface area (Å²) < 4.78 is 22.4. The van der Waals surface area contributed by atoms with E-state index in [-0.39, 0.29) is 18.2 Å². The van der Waals surface area contributed by atoms with Crippen molar-refractivity contribution in [1.29, 1.82) is 0 Å². The van der Waals surface area contributed by atoms with E-state index >= 15 is 0 Å². The van der Waals surface area contributed by atoms with Gasteiger partial charge in [-0.15, -0.1) is 12.4 Å². The van der Waals surface area contributed by atoms with Gasteiger partial charge in [-0.3, -0.25) is 4.79 Å². The maximum absolute atomic E-state index is 13.2. The average Bonchev–Trinajstić information content (AvgIpc) is 2.26. The van der Waals surface area contributed by atoms with Crippen molar-refractivity contribution in [2.24, 2.45) is 5.73 Å². The Morgan fingerprint density at radius 3 is 2.50 bits per heavy atom. The first kappa shape index (κ1) is 14.7. The zero-order valence-corrected chi connectivity index (χ0v) is 9.71. The molecule has 1 rings (SSSR count). The lowest BCUT2D eigenvalue weighted by atomic mass is 10.1. The molecule has 0 radical (unpaired) electrons. The second-order valence-electron chi connectivity index (χ2n) is 2.89. The molecule has 0 fully saturated rings. The van der Waals surface area contributed by atoms with Crippen LogP contribution >= 0.6 is 12.4 Å². The van der Waals surface area contributed by atoms with Gasteiger partial charge in [-0.2, -0.15) is 0 Å². The lowest BCUT2D eigenvalue weighted by Crippen LogP contribution is -2.22. The van der Waals surface area contributed by atoms with E-state index in [2.05, 4.69) is 4.74 Å². The highest BCUT2D eigenvalue weighted by molar-refractivity contribution is 5.85. The normalized spacial score (nSPS) is 11.2. The van der Waals surface area contributed by atoms with Gasteiger partial charge in [0.15, 0.2) is 11.6 Å².